The highest BCUT2D eigenvalue weighted by atomic mass is 35.5. The molecule has 0 aliphatic heterocycles. The third kappa shape index (κ3) is 2.94. The van der Waals surface area contributed by atoms with Gasteiger partial charge < -0.3 is 5.32 Å². The van der Waals surface area contributed by atoms with Crippen LogP contribution in [0.1, 0.15) is 32.7 Å². The van der Waals surface area contributed by atoms with Gasteiger partial charge in [0.05, 0.1) is 0 Å². The molecule has 1 aliphatic rings. The highest BCUT2D eigenvalue weighted by molar-refractivity contribution is 6.35. The Morgan fingerprint density at radius 2 is 1.71 bits per heavy atom. The molecule has 5 heteroatoms. The predicted molar refractivity (Wildman–Crippen MR) is 83.5 cm³/mol. The molecule has 0 saturated heterocycles. The van der Waals surface area contributed by atoms with Gasteiger partial charge in [0.25, 0.3) is 5.91 Å². The van der Waals surface area contributed by atoms with Crippen LogP contribution in [-0.4, -0.2) is 11.7 Å². The van der Waals surface area contributed by atoms with E-state index in [1.165, 1.54) is 0 Å². The van der Waals surface area contributed by atoms with Gasteiger partial charge in [-0.15, -0.1) is 0 Å². The van der Waals surface area contributed by atoms with Crippen LogP contribution < -0.4 is 5.32 Å². The molecule has 0 fully saturated rings. The molecule has 0 aromatic heterocycles. The van der Waals surface area contributed by atoms with E-state index in [1.807, 2.05) is 6.07 Å². The molecule has 3 nitrogen and oxygen atoms in total. The zero-order valence-corrected chi connectivity index (χ0v) is 12.5. The maximum atomic E-state index is 12.2. The summed E-state index contributed by atoms with van der Waals surface area (Å²) in [5, 5.41) is 3.61. The molecule has 1 aliphatic carbocycles. The maximum Gasteiger partial charge on any atom is 0.255 e. The van der Waals surface area contributed by atoms with E-state index in [1.54, 1.807) is 30.3 Å². The van der Waals surface area contributed by atoms with Crippen molar-refractivity contribution < 1.29 is 9.59 Å². The summed E-state index contributed by atoms with van der Waals surface area (Å²) in [4.78, 5) is 23.8. The Morgan fingerprint density at radius 3 is 2.43 bits per heavy atom. The number of carbonyl (C=O) groups excluding carboxylic acids is 2. The van der Waals surface area contributed by atoms with Crippen molar-refractivity contribution in [2.75, 3.05) is 5.32 Å². The van der Waals surface area contributed by atoms with Crippen LogP contribution in [-0.2, 0) is 6.42 Å². The summed E-state index contributed by atoms with van der Waals surface area (Å²) in [6.45, 7) is 0. The lowest BCUT2D eigenvalue weighted by molar-refractivity contribution is 0.0992. The number of halogens is 2. The van der Waals surface area contributed by atoms with E-state index >= 15 is 0 Å². The molecule has 0 unspecified atom stereocenters. The molecule has 106 valence electrons. The topological polar surface area (TPSA) is 46.2 Å². The predicted octanol–water partition coefficient (Wildman–Crippen LogP) is 4.37. The van der Waals surface area contributed by atoms with E-state index in [9.17, 15) is 9.59 Å². The first-order chi connectivity index (χ1) is 10.0. The van der Waals surface area contributed by atoms with Crippen molar-refractivity contribution in [2.45, 2.75) is 12.8 Å². The van der Waals surface area contributed by atoms with Crippen LogP contribution in [0.3, 0.4) is 0 Å². The number of Topliss-reactive ketones (excluding diaryl/α,β-unsaturated/α-hetero) is 1. The molecular formula is C16H11Cl2NO2. The third-order valence-corrected chi connectivity index (χ3v) is 3.85. The highest BCUT2D eigenvalue weighted by Crippen LogP contribution is 2.26. The average molecular weight is 320 g/mol. The Balaban J connectivity index is 1.83. The molecular weight excluding hydrogens is 309 g/mol. The van der Waals surface area contributed by atoms with Gasteiger partial charge in [-0.25, -0.2) is 0 Å². The number of benzene rings is 2. The molecule has 1 N–H and O–H groups in total. The summed E-state index contributed by atoms with van der Waals surface area (Å²) in [7, 11) is 0. The fourth-order valence-electron chi connectivity index (χ4n) is 2.42. The van der Waals surface area contributed by atoms with Crippen molar-refractivity contribution >= 4 is 40.6 Å². The number of aryl methyl sites for hydroxylation is 1. The maximum absolute atomic E-state index is 12.2. The van der Waals surface area contributed by atoms with Crippen LogP contribution in [0.5, 0.6) is 0 Å². The number of hydrogen-bond acceptors (Lipinski definition) is 2. The second-order valence-corrected chi connectivity index (χ2v) is 5.78. The SMILES string of the molecule is O=C(Nc1ccc2c(c1)CCC2=O)c1cc(Cl)cc(Cl)c1. The lowest BCUT2D eigenvalue weighted by atomic mass is 10.1. The van der Waals surface area contributed by atoms with Gasteiger partial charge in [0.1, 0.15) is 0 Å². The van der Waals surface area contributed by atoms with Crippen molar-refractivity contribution in [3.63, 3.8) is 0 Å². The van der Waals surface area contributed by atoms with Gasteiger partial charge >= 0.3 is 0 Å². The lowest BCUT2D eigenvalue weighted by Crippen LogP contribution is -2.12. The van der Waals surface area contributed by atoms with E-state index < -0.39 is 0 Å². The number of amides is 1. The number of fused-ring (bicyclic) bond motifs is 1. The molecule has 3 rings (SSSR count). The number of nitrogens with one attached hydrogen (secondary N) is 1. The minimum Gasteiger partial charge on any atom is -0.322 e. The van der Waals surface area contributed by atoms with E-state index in [2.05, 4.69) is 5.32 Å². The van der Waals surface area contributed by atoms with Gasteiger partial charge in [-0.3, -0.25) is 9.59 Å². The van der Waals surface area contributed by atoms with Gasteiger partial charge in [0.15, 0.2) is 5.78 Å². The monoisotopic (exact) mass is 319 g/mol. The highest BCUT2D eigenvalue weighted by Gasteiger charge is 2.19. The zero-order valence-electron chi connectivity index (χ0n) is 11.0. The molecule has 0 spiro atoms. The Morgan fingerprint density at radius 1 is 1.00 bits per heavy atom. The lowest BCUT2D eigenvalue weighted by Gasteiger charge is -2.08. The van der Waals surface area contributed by atoms with E-state index in [0.29, 0.717) is 27.7 Å². The standard InChI is InChI=1S/C16H11Cl2NO2/c17-11-5-10(6-12(18)8-11)16(21)19-13-2-3-14-9(7-13)1-4-15(14)20/h2-3,5-8H,1,4H2,(H,19,21). The van der Waals surface area contributed by atoms with Crippen molar-refractivity contribution in [1.29, 1.82) is 0 Å². The summed E-state index contributed by atoms with van der Waals surface area (Å²) in [6, 6.07) is 10.0. The van der Waals surface area contributed by atoms with Crippen LogP contribution in [0.4, 0.5) is 5.69 Å². The zero-order chi connectivity index (χ0) is 15.0. The Hall–Kier alpha value is -1.84. The van der Waals surface area contributed by atoms with E-state index in [4.69, 9.17) is 23.2 Å². The molecule has 2 aromatic carbocycles. The molecule has 21 heavy (non-hydrogen) atoms. The summed E-state index contributed by atoms with van der Waals surface area (Å²) < 4.78 is 0. The van der Waals surface area contributed by atoms with Crippen LogP contribution in [0, 0.1) is 0 Å². The molecule has 2 aromatic rings. The van der Waals surface area contributed by atoms with Gasteiger partial charge in [-0.05, 0) is 48.4 Å². The second-order valence-electron chi connectivity index (χ2n) is 4.91. The Kier molecular flexibility index (Phi) is 3.70. The summed E-state index contributed by atoms with van der Waals surface area (Å²) in [5.74, 6) is -0.131. The van der Waals surface area contributed by atoms with Gasteiger partial charge in [-0.1, -0.05) is 23.2 Å². The van der Waals surface area contributed by atoms with Crippen LogP contribution in [0.25, 0.3) is 0 Å². The Bertz CT molecular complexity index is 736. The fraction of sp³-hybridized carbons (Fsp3) is 0.125. The number of ketones is 1. The smallest absolute Gasteiger partial charge is 0.255 e. The van der Waals surface area contributed by atoms with Gasteiger partial charge in [-0.2, -0.15) is 0 Å². The number of anilines is 1. The first-order valence-electron chi connectivity index (χ1n) is 6.46. The van der Waals surface area contributed by atoms with Crippen LogP contribution in [0.2, 0.25) is 10.0 Å². The number of rotatable bonds is 2. The Labute approximate surface area is 131 Å². The minimum absolute atomic E-state index is 0.157. The normalized spacial score (nSPS) is 13.1. The van der Waals surface area contributed by atoms with Crippen LogP contribution >= 0.6 is 23.2 Å². The second kappa shape index (κ2) is 5.51. The minimum atomic E-state index is -0.288. The summed E-state index contributed by atoms with van der Waals surface area (Å²) in [5.41, 5.74) is 2.77. The molecule has 0 saturated carbocycles. The fourth-order valence-corrected chi connectivity index (χ4v) is 2.95. The third-order valence-electron chi connectivity index (χ3n) is 3.41. The van der Waals surface area contributed by atoms with Crippen LogP contribution in [0.15, 0.2) is 36.4 Å². The van der Waals surface area contributed by atoms with E-state index in [0.717, 1.165) is 17.5 Å². The first kappa shape index (κ1) is 14.1. The molecule has 0 bridgehead atoms. The summed E-state index contributed by atoms with van der Waals surface area (Å²) in [6.07, 6.45) is 1.26. The largest absolute Gasteiger partial charge is 0.322 e. The molecule has 0 atom stereocenters. The number of carbonyl (C=O) groups is 2. The number of hydrogen-bond donors (Lipinski definition) is 1. The van der Waals surface area contributed by atoms with Crippen molar-refractivity contribution in [1.82, 2.24) is 0 Å². The first-order valence-corrected chi connectivity index (χ1v) is 7.22. The van der Waals surface area contributed by atoms with Crippen molar-refractivity contribution in [3.8, 4) is 0 Å². The van der Waals surface area contributed by atoms with Gasteiger partial charge in [0.2, 0.25) is 0 Å². The molecule has 0 radical (unpaired) electrons. The van der Waals surface area contributed by atoms with Gasteiger partial charge in [0, 0.05) is 33.3 Å². The van der Waals surface area contributed by atoms with E-state index in [-0.39, 0.29) is 11.7 Å². The molecule has 1 amide bonds. The quantitative estimate of drug-likeness (QED) is 0.893. The van der Waals surface area contributed by atoms with Crippen molar-refractivity contribution in [3.05, 3.63) is 63.1 Å². The summed E-state index contributed by atoms with van der Waals surface area (Å²) >= 11 is 11.8. The average Bonchev–Trinajstić information content (AvgIpc) is 2.79. The molecule has 0 heterocycles. The van der Waals surface area contributed by atoms with Crippen molar-refractivity contribution in [2.24, 2.45) is 0 Å².